The van der Waals surface area contributed by atoms with Gasteiger partial charge < -0.3 is 15.4 Å². The van der Waals surface area contributed by atoms with Gasteiger partial charge in [0.25, 0.3) is 0 Å². The first-order valence-electron chi connectivity index (χ1n) is 8.20. The smallest absolute Gasteiger partial charge is 0.161 e. The summed E-state index contributed by atoms with van der Waals surface area (Å²) in [6.07, 6.45) is 4.55. The predicted molar refractivity (Wildman–Crippen MR) is 99.6 cm³/mol. The molecule has 0 aliphatic rings. The molecule has 25 heavy (non-hydrogen) atoms. The van der Waals surface area contributed by atoms with E-state index in [0.29, 0.717) is 5.82 Å². The topological polar surface area (TPSA) is 73.8 Å². The minimum Gasteiger partial charge on any atom is -0.508 e. The van der Waals surface area contributed by atoms with Crippen LogP contribution in [0.5, 0.6) is 5.75 Å². The summed E-state index contributed by atoms with van der Waals surface area (Å²) >= 11 is 0. The van der Waals surface area contributed by atoms with Crippen LogP contribution in [0, 0.1) is 0 Å². The molecule has 0 radical (unpaired) electrons. The van der Waals surface area contributed by atoms with Crippen molar-refractivity contribution in [2.75, 3.05) is 11.9 Å². The molecular formula is C20H18N4O. The molecule has 0 saturated heterocycles. The zero-order valence-corrected chi connectivity index (χ0v) is 13.6. The van der Waals surface area contributed by atoms with Gasteiger partial charge >= 0.3 is 0 Å². The third kappa shape index (κ3) is 3.45. The number of phenols is 1. The first kappa shape index (κ1) is 15.2. The van der Waals surface area contributed by atoms with Crippen molar-refractivity contribution in [2.24, 2.45) is 0 Å². The number of phenolic OH excluding ortho intramolecular Hbond substituents is 1. The molecule has 0 atom stereocenters. The maximum absolute atomic E-state index is 9.32. The Bertz CT molecular complexity index is 992. The summed E-state index contributed by atoms with van der Waals surface area (Å²) in [4.78, 5) is 12.2. The highest BCUT2D eigenvalue weighted by atomic mass is 16.3. The van der Waals surface area contributed by atoms with Crippen LogP contribution in [0.2, 0.25) is 0 Å². The Morgan fingerprint density at radius 1 is 1.00 bits per heavy atom. The Balaban J connectivity index is 1.46. The molecule has 4 aromatic rings. The fourth-order valence-corrected chi connectivity index (χ4v) is 2.79. The molecule has 0 fully saturated rings. The summed E-state index contributed by atoms with van der Waals surface area (Å²) in [5, 5.41) is 13.8. The molecule has 2 aromatic heterocycles. The molecule has 0 bridgehead atoms. The summed E-state index contributed by atoms with van der Waals surface area (Å²) < 4.78 is 0. The second kappa shape index (κ2) is 6.65. The highest BCUT2D eigenvalue weighted by molar-refractivity contribution is 5.83. The van der Waals surface area contributed by atoms with Gasteiger partial charge in [0, 0.05) is 35.4 Å². The lowest BCUT2D eigenvalue weighted by molar-refractivity contribution is 0.475. The van der Waals surface area contributed by atoms with Gasteiger partial charge in [-0.3, -0.25) is 0 Å². The van der Waals surface area contributed by atoms with Crippen molar-refractivity contribution < 1.29 is 5.11 Å². The molecule has 5 heteroatoms. The summed E-state index contributed by atoms with van der Waals surface area (Å²) in [6, 6.07) is 17.3. The van der Waals surface area contributed by atoms with Crippen molar-refractivity contribution in [3.05, 3.63) is 72.6 Å². The van der Waals surface area contributed by atoms with Gasteiger partial charge in [0.05, 0.1) is 0 Å². The molecule has 2 aromatic carbocycles. The molecule has 0 unspecified atom stereocenters. The van der Waals surface area contributed by atoms with E-state index in [1.165, 1.54) is 0 Å². The lowest BCUT2D eigenvalue weighted by Crippen LogP contribution is -2.07. The van der Waals surface area contributed by atoms with E-state index in [2.05, 4.69) is 26.3 Å². The average Bonchev–Trinajstić information content (AvgIpc) is 3.11. The highest BCUT2D eigenvalue weighted by Crippen LogP contribution is 2.22. The maximum atomic E-state index is 9.32. The van der Waals surface area contributed by atoms with Crippen molar-refractivity contribution in [3.8, 4) is 17.1 Å². The van der Waals surface area contributed by atoms with E-state index in [4.69, 9.17) is 0 Å². The Morgan fingerprint density at radius 2 is 1.88 bits per heavy atom. The summed E-state index contributed by atoms with van der Waals surface area (Å²) in [6.45, 7) is 0.762. The van der Waals surface area contributed by atoms with E-state index < -0.39 is 0 Å². The maximum Gasteiger partial charge on any atom is 0.161 e. The van der Waals surface area contributed by atoms with Crippen LogP contribution in [-0.4, -0.2) is 26.6 Å². The van der Waals surface area contributed by atoms with Crippen molar-refractivity contribution in [2.45, 2.75) is 6.42 Å². The lowest BCUT2D eigenvalue weighted by atomic mass is 10.1. The first-order chi connectivity index (χ1) is 12.3. The van der Waals surface area contributed by atoms with Crippen LogP contribution >= 0.6 is 0 Å². The van der Waals surface area contributed by atoms with E-state index in [-0.39, 0.29) is 5.75 Å². The number of aromatic hydroxyl groups is 1. The molecule has 0 aliphatic heterocycles. The van der Waals surface area contributed by atoms with Crippen LogP contribution < -0.4 is 5.32 Å². The van der Waals surface area contributed by atoms with Crippen LogP contribution in [0.1, 0.15) is 5.56 Å². The number of rotatable bonds is 5. The number of nitrogens with one attached hydrogen (secondary N) is 2. The Morgan fingerprint density at radius 3 is 2.76 bits per heavy atom. The summed E-state index contributed by atoms with van der Waals surface area (Å²) in [5.74, 6) is 1.80. The number of H-pyrrole nitrogens is 1. The number of anilines is 1. The van der Waals surface area contributed by atoms with Gasteiger partial charge in [-0.2, -0.15) is 0 Å². The molecular weight excluding hydrogens is 312 g/mol. The normalized spacial score (nSPS) is 10.9. The van der Waals surface area contributed by atoms with Gasteiger partial charge in [0.2, 0.25) is 0 Å². The van der Waals surface area contributed by atoms with Gasteiger partial charge in [-0.25, -0.2) is 9.97 Å². The van der Waals surface area contributed by atoms with E-state index in [1.807, 2.05) is 42.6 Å². The highest BCUT2D eigenvalue weighted by Gasteiger charge is 2.04. The van der Waals surface area contributed by atoms with Gasteiger partial charge in [0.15, 0.2) is 5.82 Å². The molecule has 5 nitrogen and oxygen atoms in total. The Hall–Kier alpha value is -3.34. The molecule has 4 rings (SSSR count). The molecule has 3 N–H and O–H groups in total. The molecule has 124 valence electrons. The van der Waals surface area contributed by atoms with E-state index in [1.54, 1.807) is 18.3 Å². The standard InChI is InChI=1S/C20H18N4O/c25-17-4-1-14(2-5-17)7-10-22-19-9-12-23-20(24-19)16-3-6-18-15(13-16)8-11-21-18/h1-6,8-9,11-13,21,25H,7,10H2,(H,22,23,24). The van der Waals surface area contributed by atoms with Crippen molar-refractivity contribution in [1.29, 1.82) is 0 Å². The van der Waals surface area contributed by atoms with Crippen molar-refractivity contribution >= 4 is 16.7 Å². The second-order valence-corrected chi connectivity index (χ2v) is 5.89. The van der Waals surface area contributed by atoms with Gasteiger partial charge in [-0.05, 0) is 54.4 Å². The average molecular weight is 330 g/mol. The first-order valence-corrected chi connectivity index (χ1v) is 8.20. The van der Waals surface area contributed by atoms with Crippen LogP contribution in [0.15, 0.2) is 67.0 Å². The largest absolute Gasteiger partial charge is 0.508 e. The lowest BCUT2D eigenvalue weighted by Gasteiger charge is -2.07. The monoisotopic (exact) mass is 330 g/mol. The van der Waals surface area contributed by atoms with Crippen LogP contribution in [0.4, 0.5) is 5.82 Å². The second-order valence-electron chi connectivity index (χ2n) is 5.89. The quantitative estimate of drug-likeness (QED) is 0.517. The van der Waals surface area contributed by atoms with Gasteiger partial charge in [-0.15, -0.1) is 0 Å². The van der Waals surface area contributed by atoms with Crippen LogP contribution in [0.3, 0.4) is 0 Å². The van der Waals surface area contributed by atoms with Crippen molar-refractivity contribution in [1.82, 2.24) is 15.0 Å². The minimum absolute atomic E-state index is 0.288. The number of hydrogen-bond acceptors (Lipinski definition) is 4. The number of aromatic nitrogens is 3. The molecule has 2 heterocycles. The number of hydrogen-bond donors (Lipinski definition) is 3. The molecule has 0 saturated carbocycles. The number of benzene rings is 2. The minimum atomic E-state index is 0.288. The molecule has 0 spiro atoms. The van der Waals surface area contributed by atoms with E-state index in [0.717, 1.165) is 40.8 Å². The van der Waals surface area contributed by atoms with Crippen LogP contribution in [0.25, 0.3) is 22.3 Å². The molecule has 0 aliphatic carbocycles. The van der Waals surface area contributed by atoms with E-state index >= 15 is 0 Å². The van der Waals surface area contributed by atoms with Gasteiger partial charge in [0.1, 0.15) is 11.6 Å². The third-order valence-electron chi connectivity index (χ3n) is 4.12. The Kier molecular flexibility index (Phi) is 4.04. The summed E-state index contributed by atoms with van der Waals surface area (Å²) in [7, 11) is 0. The molecule has 0 amide bonds. The van der Waals surface area contributed by atoms with Crippen LogP contribution in [-0.2, 0) is 6.42 Å². The van der Waals surface area contributed by atoms with E-state index in [9.17, 15) is 5.11 Å². The summed E-state index contributed by atoms with van der Waals surface area (Å²) in [5.41, 5.74) is 3.26. The van der Waals surface area contributed by atoms with Gasteiger partial charge in [-0.1, -0.05) is 12.1 Å². The SMILES string of the molecule is Oc1ccc(CCNc2ccnc(-c3ccc4[nH]ccc4c3)n2)cc1. The third-order valence-corrected chi connectivity index (χ3v) is 4.12. The Labute approximate surface area is 145 Å². The predicted octanol–water partition coefficient (Wildman–Crippen LogP) is 3.99. The zero-order chi connectivity index (χ0) is 17.1. The van der Waals surface area contributed by atoms with Crippen molar-refractivity contribution in [3.63, 3.8) is 0 Å². The number of fused-ring (bicyclic) bond motifs is 1. The number of nitrogens with zero attached hydrogens (tertiary/aromatic N) is 2. The zero-order valence-electron chi connectivity index (χ0n) is 13.6. The number of aromatic amines is 1. The fraction of sp³-hybridized carbons (Fsp3) is 0.100. The fourth-order valence-electron chi connectivity index (χ4n) is 2.79.